The number of rotatable bonds is 2. The van der Waals surface area contributed by atoms with Crippen LogP contribution in [0.3, 0.4) is 0 Å². The summed E-state index contributed by atoms with van der Waals surface area (Å²) >= 11 is 0. The molecule has 0 aromatic heterocycles. The summed E-state index contributed by atoms with van der Waals surface area (Å²) < 4.78 is 0. The fraction of sp³-hybridized carbons (Fsp3) is 0.125. The van der Waals surface area contributed by atoms with E-state index in [-0.39, 0.29) is 5.84 Å². The summed E-state index contributed by atoms with van der Waals surface area (Å²) in [4.78, 5) is 0. The maximum atomic E-state index is 8.39. The highest BCUT2D eigenvalue weighted by Crippen LogP contribution is 2.08. The molecular formula is C8H11N3O. The minimum Gasteiger partial charge on any atom is -0.409 e. The van der Waals surface area contributed by atoms with Crippen molar-refractivity contribution in [2.75, 3.05) is 12.4 Å². The van der Waals surface area contributed by atoms with E-state index >= 15 is 0 Å². The SMILES string of the molecule is CNc1cccc(/C(N)=N\O)c1. The molecule has 1 rings (SSSR count). The molecule has 1 aromatic rings. The Morgan fingerprint density at radius 3 is 2.92 bits per heavy atom. The Balaban J connectivity index is 3.02. The highest BCUT2D eigenvalue weighted by atomic mass is 16.4. The Morgan fingerprint density at radius 2 is 2.33 bits per heavy atom. The number of nitrogens with two attached hydrogens (primary N) is 1. The van der Waals surface area contributed by atoms with Gasteiger partial charge in [0.15, 0.2) is 5.84 Å². The molecule has 0 heterocycles. The van der Waals surface area contributed by atoms with Crippen LogP contribution in [0.25, 0.3) is 0 Å². The summed E-state index contributed by atoms with van der Waals surface area (Å²) in [5.74, 6) is 0.118. The molecule has 0 unspecified atom stereocenters. The first-order valence-corrected chi connectivity index (χ1v) is 3.53. The third kappa shape index (κ3) is 1.66. The average Bonchev–Trinajstić information content (AvgIpc) is 2.17. The molecule has 0 fully saturated rings. The van der Waals surface area contributed by atoms with Crippen molar-refractivity contribution in [2.24, 2.45) is 10.9 Å². The van der Waals surface area contributed by atoms with Gasteiger partial charge >= 0.3 is 0 Å². The van der Waals surface area contributed by atoms with Crippen molar-refractivity contribution in [3.8, 4) is 0 Å². The standard InChI is InChI=1S/C8H11N3O/c1-10-7-4-2-3-6(5-7)8(9)11-12/h2-5,10,12H,1H3,(H2,9,11). The molecule has 0 aliphatic carbocycles. The molecule has 0 saturated heterocycles. The molecular weight excluding hydrogens is 154 g/mol. The van der Waals surface area contributed by atoms with Crippen molar-refractivity contribution in [3.63, 3.8) is 0 Å². The molecule has 64 valence electrons. The van der Waals surface area contributed by atoms with E-state index in [0.717, 1.165) is 5.69 Å². The molecule has 0 atom stereocenters. The van der Waals surface area contributed by atoms with Gasteiger partial charge < -0.3 is 16.3 Å². The minimum atomic E-state index is 0.118. The molecule has 0 spiro atoms. The zero-order valence-electron chi connectivity index (χ0n) is 6.78. The molecule has 0 radical (unpaired) electrons. The lowest BCUT2D eigenvalue weighted by molar-refractivity contribution is 0.318. The van der Waals surface area contributed by atoms with Crippen LogP contribution in [0.5, 0.6) is 0 Å². The summed E-state index contributed by atoms with van der Waals surface area (Å²) in [6.45, 7) is 0. The summed E-state index contributed by atoms with van der Waals surface area (Å²) in [5, 5.41) is 14.2. The van der Waals surface area contributed by atoms with Gasteiger partial charge in [0.1, 0.15) is 0 Å². The van der Waals surface area contributed by atoms with E-state index in [4.69, 9.17) is 10.9 Å². The topological polar surface area (TPSA) is 70.6 Å². The molecule has 4 heteroatoms. The second-order valence-electron chi connectivity index (χ2n) is 2.32. The molecule has 4 N–H and O–H groups in total. The molecule has 0 aliphatic heterocycles. The molecule has 0 saturated carbocycles. The third-order valence-corrected chi connectivity index (χ3v) is 1.55. The van der Waals surface area contributed by atoms with E-state index in [1.807, 2.05) is 19.2 Å². The predicted octanol–water partition coefficient (Wildman–Crippen LogP) is 0.823. The van der Waals surface area contributed by atoms with Crippen LogP contribution < -0.4 is 11.1 Å². The zero-order chi connectivity index (χ0) is 8.97. The lowest BCUT2D eigenvalue weighted by Gasteiger charge is -2.02. The Hall–Kier alpha value is -1.71. The molecule has 1 aromatic carbocycles. The van der Waals surface area contributed by atoms with Crippen molar-refractivity contribution >= 4 is 11.5 Å². The van der Waals surface area contributed by atoms with Gasteiger partial charge in [0.2, 0.25) is 0 Å². The quantitative estimate of drug-likeness (QED) is 0.263. The van der Waals surface area contributed by atoms with Gasteiger partial charge in [0.25, 0.3) is 0 Å². The van der Waals surface area contributed by atoms with Crippen LogP contribution in [0.4, 0.5) is 5.69 Å². The average molecular weight is 165 g/mol. The van der Waals surface area contributed by atoms with Crippen LogP contribution in [-0.4, -0.2) is 18.1 Å². The van der Waals surface area contributed by atoms with Crippen LogP contribution in [0.1, 0.15) is 5.56 Å². The fourth-order valence-electron chi connectivity index (χ4n) is 0.892. The lowest BCUT2D eigenvalue weighted by Crippen LogP contribution is -2.12. The van der Waals surface area contributed by atoms with Gasteiger partial charge in [-0.15, -0.1) is 0 Å². The first-order valence-electron chi connectivity index (χ1n) is 3.53. The second kappa shape index (κ2) is 3.61. The predicted molar refractivity (Wildman–Crippen MR) is 48.5 cm³/mol. The second-order valence-corrected chi connectivity index (χ2v) is 2.32. The fourth-order valence-corrected chi connectivity index (χ4v) is 0.892. The van der Waals surface area contributed by atoms with E-state index in [1.54, 1.807) is 12.1 Å². The van der Waals surface area contributed by atoms with Gasteiger partial charge in [-0.1, -0.05) is 17.3 Å². The summed E-state index contributed by atoms with van der Waals surface area (Å²) in [7, 11) is 1.81. The van der Waals surface area contributed by atoms with Crippen LogP contribution >= 0.6 is 0 Å². The Kier molecular flexibility index (Phi) is 2.53. The highest BCUT2D eigenvalue weighted by molar-refractivity contribution is 5.97. The van der Waals surface area contributed by atoms with Crippen molar-refractivity contribution in [1.29, 1.82) is 0 Å². The smallest absolute Gasteiger partial charge is 0.170 e. The number of amidine groups is 1. The van der Waals surface area contributed by atoms with Crippen molar-refractivity contribution in [3.05, 3.63) is 29.8 Å². The van der Waals surface area contributed by atoms with Crippen LogP contribution in [-0.2, 0) is 0 Å². The van der Waals surface area contributed by atoms with Gasteiger partial charge in [-0.25, -0.2) is 0 Å². The van der Waals surface area contributed by atoms with Crippen LogP contribution in [0, 0.1) is 0 Å². The normalized spacial score (nSPS) is 11.2. The first kappa shape index (κ1) is 8.39. The van der Waals surface area contributed by atoms with E-state index < -0.39 is 0 Å². The number of oxime groups is 1. The zero-order valence-corrected chi connectivity index (χ0v) is 6.78. The highest BCUT2D eigenvalue weighted by Gasteiger charge is 1.98. The van der Waals surface area contributed by atoms with Crippen molar-refractivity contribution in [1.82, 2.24) is 0 Å². The van der Waals surface area contributed by atoms with Crippen LogP contribution in [0.15, 0.2) is 29.4 Å². The Bertz CT molecular complexity index is 296. The largest absolute Gasteiger partial charge is 0.409 e. The van der Waals surface area contributed by atoms with Gasteiger partial charge in [-0.3, -0.25) is 0 Å². The Morgan fingerprint density at radius 1 is 1.58 bits per heavy atom. The van der Waals surface area contributed by atoms with Gasteiger partial charge in [0, 0.05) is 18.3 Å². The third-order valence-electron chi connectivity index (χ3n) is 1.55. The number of nitrogens with zero attached hydrogens (tertiary/aromatic N) is 1. The molecule has 4 nitrogen and oxygen atoms in total. The maximum absolute atomic E-state index is 8.39. The molecule has 12 heavy (non-hydrogen) atoms. The number of nitrogens with one attached hydrogen (secondary N) is 1. The number of anilines is 1. The van der Waals surface area contributed by atoms with E-state index in [1.165, 1.54) is 0 Å². The maximum Gasteiger partial charge on any atom is 0.170 e. The minimum absolute atomic E-state index is 0.118. The Labute approximate surface area is 70.7 Å². The molecule has 0 aliphatic rings. The van der Waals surface area contributed by atoms with Gasteiger partial charge in [-0.05, 0) is 12.1 Å². The summed E-state index contributed by atoms with van der Waals surface area (Å²) in [6.07, 6.45) is 0. The first-order chi connectivity index (χ1) is 5.77. The summed E-state index contributed by atoms with van der Waals surface area (Å²) in [6, 6.07) is 7.30. The lowest BCUT2D eigenvalue weighted by atomic mass is 10.2. The number of hydrogen-bond acceptors (Lipinski definition) is 3. The van der Waals surface area contributed by atoms with Crippen LogP contribution in [0.2, 0.25) is 0 Å². The van der Waals surface area contributed by atoms with E-state index in [0.29, 0.717) is 5.56 Å². The number of hydrogen-bond donors (Lipinski definition) is 3. The van der Waals surface area contributed by atoms with E-state index in [2.05, 4.69) is 10.5 Å². The molecule has 0 amide bonds. The van der Waals surface area contributed by atoms with Crippen molar-refractivity contribution < 1.29 is 5.21 Å². The van der Waals surface area contributed by atoms with Gasteiger partial charge in [0.05, 0.1) is 0 Å². The van der Waals surface area contributed by atoms with E-state index in [9.17, 15) is 0 Å². The summed E-state index contributed by atoms with van der Waals surface area (Å²) in [5.41, 5.74) is 7.02. The monoisotopic (exact) mass is 165 g/mol. The number of benzene rings is 1. The van der Waals surface area contributed by atoms with Gasteiger partial charge in [-0.2, -0.15) is 0 Å². The van der Waals surface area contributed by atoms with Crippen molar-refractivity contribution in [2.45, 2.75) is 0 Å². The molecule has 0 bridgehead atoms.